The van der Waals surface area contributed by atoms with Crippen LogP contribution < -0.4 is 4.74 Å². The summed E-state index contributed by atoms with van der Waals surface area (Å²) in [6.45, 7) is 18.1. The van der Waals surface area contributed by atoms with E-state index in [4.69, 9.17) is 4.74 Å². The maximum absolute atomic E-state index is 5.37. The molecular formula is C22H39N3O. The second-order valence-corrected chi connectivity index (χ2v) is 5.52. The first-order valence-electron chi connectivity index (χ1n) is 10.3. The van der Waals surface area contributed by atoms with Gasteiger partial charge in [-0.1, -0.05) is 41.5 Å². The summed E-state index contributed by atoms with van der Waals surface area (Å²) in [7, 11) is 0. The minimum absolute atomic E-state index is 0.822. The second kappa shape index (κ2) is 14.3. The Morgan fingerprint density at radius 1 is 0.962 bits per heavy atom. The number of pyridine rings is 1. The zero-order valence-corrected chi connectivity index (χ0v) is 18.2. The van der Waals surface area contributed by atoms with E-state index in [1.54, 1.807) is 0 Å². The topological polar surface area (TPSA) is 39.9 Å². The summed E-state index contributed by atoms with van der Waals surface area (Å²) in [5, 5.41) is 0. The predicted molar refractivity (Wildman–Crippen MR) is 112 cm³/mol. The average molecular weight is 362 g/mol. The van der Waals surface area contributed by atoms with Crippen LogP contribution in [0.1, 0.15) is 77.0 Å². The van der Waals surface area contributed by atoms with Crippen molar-refractivity contribution in [3.8, 4) is 5.88 Å². The van der Waals surface area contributed by atoms with Crippen molar-refractivity contribution in [1.82, 2.24) is 14.5 Å². The van der Waals surface area contributed by atoms with Crippen molar-refractivity contribution in [3.05, 3.63) is 41.1 Å². The van der Waals surface area contributed by atoms with Gasteiger partial charge in [0.15, 0.2) is 0 Å². The molecule has 0 saturated carbocycles. The maximum Gasteiger partial charge on any atom is 0.216 e. The van der Waals surface area contributed by atoms with E-state index in [2.05, 4.69) is 33.7 Å². The molecule has 0 unspecified atom stereocenters. The molecule has 0 bridgehead atoms. The molecule has 0 saturated heterocycles. The summed E-state index contributed by atoms with van der Waals surface area (Å²) in [6, 6.07) is 2.15. The fourth-order valence-electron chi connectivity index (χ4n) is 2.76. The molecule has 0 spiro atoms. The first-order chi connectivity index (χ1) is 12.7. The lowest BCUT2D eigenvalue weighted by molar-refractivity contribution is 0.276. The maximum atomic E-state index is 5.37. The van der Waals surface area contributed by atoms with Crippen molar-refractivity contribution in [3.63, 3.8) is 0 Å². The SMILES string of the molecule is CC.CC.CC.Cc1cn2c(n1)CCC2.Cc1cnc2c(c1)CCCO2. The lowest BCUT2D eigenvalue weighted by atomic mass is 10.1. The molecule has 26 heavy (non-hydrogen) atoms. The van der Waals surface area contributed by atoms with E-state index in [1.165, 1.54) is 36.3 Å². The van der Waals surface area contributed by atoms with Crippen LogP contribution in [0.2, 0.25) is 0 Å². The van der Waals surface area contributed by atoms with E-state index >= 15 is 0 Å². The van der Waals surface area contributed by atoms with Gasteiger partial charge in [0.1, 0.15) is 5.82 Å². The third-order valence-corrected chi connectivity index (χ3v) is 3.67. The number of hydrogen-bond acceptors (Lipinski definition) is 3. The van der Waals surface area contributed by atoms with Crippen molar-refractivity contribution < 1.29 is 4.74 Å². The number of nitrogens with zero attached hydrogens (tertiary/aromatic N) is 3. The molecule has 2 aromatic rings. The van der Waals surface area contributed by atoms with Crippen molar-refractivity contribution in [2.24, 2.45) is 0 Å². The molecular weight excluding hydrogens is 322 g/mol. The molecule has 0 N–H and O–H groups in total. The van der Waals surface area contributed by atoms with Crippen molar-refractivity contribution in [1.29, 1.82) is 0 Å². The van der Waals surface area contributed by atoms with Gasteiger partial charge in [0.2, 0.25) is 5.88 Å². The molecule has 0 aliphatic carbocycles. The number of aryl methyl sites for hydroxylation is 5. The Hall–Kier alpha value is -1.84. The Bertz CT molecular complexity index is 584. The van der Waals surface area contributed by atoms with Crippen LogP contribution in [0.4, 0.5) is 0 Å². The van der Waals surface area contributed by atoms with Crippen molar-refractivity contribution in [2.45, 2.75) is 87.6 Å². The number of imidazole rings is 1. The van der Waals surface area contributed by atoms with Crippen LogP contribution in [0.5, 0.6) is 5.88 Å². The molecule has 0 aromatic carbocycles. The summed E-state index contributed by atoms with van der Waals surface area (Å²) in [6.07, 6.45) is 8.67. The van der Waals surface area contributed by atoms with E-state index in [0.29, 0.717) is 0 Å². The molecule has 0 fully saturated rings. The van der Waals surface area contributed by atoms with Gasteiger partial charge in [-0.15, -0.1) is 0 Å². The van der Waals surface area contributed by atoms with Gasteiger partial charge in [0, 0.05) is 30.9 Å². The molecule has 0 atom stereocenters. The summed E-state index contributed by atoms with van der Waals surface area (Å²) in [5.41, 5.74) is 3.63. The van der Waals surface area contributed by atoms with Gasteiger partial charge >= 0.3 is 0 Å². The minimum Gasteiger partial charge on any atom is -0.477 e. The Balaban J connectivity index is 0.000000378. The van der Waals surface area contributed by atoms with Gasteiger partial charge in [0.25, 0.3) is 0 Å². The van der Waals surface area contributed by atoms with Crippen LogP contribution in [-0.2, 0) is 19.4 Å². The number of ether oxygens (including phenoxy) is 1. The van der Waals surface area contributed by atoms with E-state index < -0.39 is 0 Å². The van der Waals surface area contributed by atoms with Crippen LogP contribution in [0.25, 0.3) is 0 Å². The normalized spacial score (nSPS) is 12.8. The number of aromatic nitrogens is 3. The van der Waals surface area contributed by atoms with Crippen molar-refractivity contribution in [2.75, 3.05) is 6.61 Å². The number of fused-ring (bicyclic) bond motifs is 2. The van der Waals surface area contributed by atoms with Gasteiger partial charge in [-0.2, -0.15) is 0 Å². The van der Waals surface area contributed by atoms with Crippen LogP contribution in [-0.4, -0.2) is 21.1 Å². The van der Waals surface area contributed by atoms with Crippen LogP contribution in [0.3, 0.4) is 0 Å². The zero-order chi connectivity index (χ0) is 19.9. The first-order valence-corrected chi connectivity index (χ1v) is 10.3. The Morgan fingerprint density at radius 2 is 1.65 bits per heavy atom. The highest BCUT2D eigenvalue weighted by atomic mass is 16.5. The largest absolute Gasteiger partial charge is 0.477 e. The van der Waals surface area contributed by atoms with Gasteiger partial charge < -0.3 is 9.30 Å². The summed E-state index contributed by atoms with van der Waals surface area (Å²) in [4.78, 5) is 8.55. The summed E-state index contributed by atoms with van der Waals surface area (Å²) < 4.78 is 7.61. The third kappa shape index (κ3) is 7.59. The summed E-state index contributed by atoms with van der Waals surface area (Å²) >= 11 is 0. The summed E-state index contributed by atoms with van der Waals surface area (Å²) in [5.74, 6) is 2.11. The Labute approximate surface area is 161 Å². The highest BCUT2D eigenvalue weighted by Gasteiger charge is 2.11. The van der Waals surface area contributed by atoms with Gasteiger partial charge in [0.05, 0.1) is 12.3 Å². The molecule has 4 nitrogen and oxygen atoms in total. The number of rotatable bonds is 0. The quantitative estimate of drug-likeness (QED) is 0.583. The molecule has 0 radical (unpaired) electrons. The van der Waals surface area contributed by atoms with Gasteiger partial charge in [-0.05, 0) is 44.7 Å². The average Bonchev–Trinajstić information content (AvgIpc) is 3.28. The third-order valence-electron chi connectivity index (χ3n) is 3.67. The first kappa shape index (κ1) is 24.2. The lowest BCUT2D eigenvalue weighted by Gasteiger charge is -2.15. The van der Waals surface area contributed by atoms with E-state index in [0.717, 1.165) is 31.0 Å². The zero-order valence-electron chi connectivity index (χ0n) is 18.2. The molecule has 2 aliphatic rings. The molecule has 4 heteroatoms. The second-order valence-electron chi connectivity index (χ2n) is 5.52. The molecule has 148 valence electrons. The lowest BCUT2D eigenvalue weighted by Crippen LogP contribution is -2.09. The van der Waals surface area contributed by atoms with E-state index in [9.17, 15) is 0 Å². The minimum atomic E-state index is 0.822. The monoisotopic (exact) mass is 361 g/mol. The predicted octanol–water partition coefficient (Wildman–Crippen LogP) is 5.93. The van der Waals surface area contributed by atoms with Crippen LogP contribution in [0, 0.1) is 13.8 Å². The molecule has 2 aromatic heterocycles. The van der Waals surface area contributed by atoms with Crippen LogP contribution in [0.15, 0.2) is 18.5 Å². The number of hydrogen-bond donors (Lipinski definition) is 0. The smallest absolute Gasteiger partial charge is 0.216 e. The highest BCUT2D eigenvalue weighted by Crippen LogP contribution is 2.21. The van der Waals surface area contributed by atoms with Gasteiger partial charge in [-0.3, -0.25) is 0 Å². The van der Waals surface area contributed by atoms with E-state index in [1.807, 2.05) is 54.7 Å². The van der Waals surface area contributed by atoms with E-state index in [-0.39, 0.29) is 0 Å². The Kier molecular flexibility index (Phi) is 13.3. The van der Waals surface area contributed by atoms with Gasteiger partial charge in [-0.25, -0.2) is 9.97 Å². The molecule has 0 amide bonds. The fraction of sp³-hybridized carbons (Fsp3) is 0.636. The van der Waals surface area contributed by atoms with Crippen LogP contribution >= 0.6 is 0 Å². The Morgan fingerprint density at radius 3 is 2.31 bits per heavy atom. The molecule has 4 heterocycles. The molecule has 2 aliphatic heterocycles. The standard InChI is InChI=1S/C9H11NO.C7H10N2.3C2H6/c1-7-5-8-3-2-4-11-9(8)10-6-7;1-6-5-9-4-2-3-7(9)8-6;3*1-2/h5-6H,2-4H2,1H3;5H,2-4H2,1H3;3*1-2H3. The molecule has 4 rings (SSSR count). The fourth-order valence-corrected chi connectivity index (χ4v) is 2.76. The van der Waals surface area contributed by atoms with Crippen molar-refractivity contribution >= 4 is 0 Å². The highest BCUT2D eigenvalue weighted by molar-refractivity contribution is 5.30.